The molecule has 160 valence electrons. The van der Waals surface area contributed by atoms with Crippen LogP contribution in [0.4, 0.5) is 10.1 Å². The number of benzene rings is 3. The minimum Gasteiger partial charge on any atom is -0.497 e. The number of carbonyl (C=O) groups excluding carboxylic acids is 2. The summed E-state index contributed by atoms with van der Waals surface area (Å²) in [4.78, 5) is 24.3. The zero-order chi connectivity index (χ0) is 22.1. The number of amides is 2. The molecule has 0 bridgehead atoms. The molecule has 2 amide bonds. The second kappa shape index (κ2) is 10.8. The van der Waals surface area contributed by atoms with Gasteiger partial charge in [-0.3, -0.25) is 9.59 Å². The number of rotatable bonds is 9. The Kier molecular flexibility index (Phi) is 7.59. The van der Waals surface area contributed by atoms with E-state index in [9.17, 15) is 14.0 Å². The van der Waals surface area contributed by atoms with Crippen molar-refractivity contribution in [2.45, 2.75) is 6.42 Å². The molecular weight excluding hydrogens is 399 g/mol. The minimum absolute atomic E-state index is 0.166. The van der Waals surface area contributed by atoms with Gasteiger partial charge in [-0.05, 0) is 60.5 Å². The molecule has 0 radical (unpaired) electrons. The highest BCUT2D eigenvalue weighted by Gasteiger charge is 2.08. The maximum Gasteiger partial charge on any atom is 0.262 e. The van der Waals surface area contributed by atoms with Crippen molar-refractivity contribution >= 4 is 17.5 Å². The molecule has 0 heterocycles. The fourth-order valence-corrected chi connectivity index (χ4v) is 2.82. The SMILES string of the molecule is COc1cccc(NC(=O)COc2ccc(C(=O)NCCc3ccc(F)cc3)cc2)c1. The van der Waals surface area contributed by atoms with Crippen molar-refractivity contribution in [2.75, 3.05) is 25.6 Å². The summed E-state index contributed by atoms with van der Waals surface area (Å²) < 4.78 is 23.5. The Morgan fingerprint density at radius 1 is 0.935 bits per heavy atom. The van der Waals surface area contributed by atoms with E-state index in [4.69, 9.17) is 9.47 Å². The summed E-state index contributed by atoms with van der Waals surface area (Å²) in [5.41, 5.74) is 2.03. The van der Waals surface area contributed by atoms with Crippen molar-refractivity contribution in [1.29, 1.82) is 0 Å². The lowest BCUT2D eigenvalue weighted by molar-refractivity contribution is -0.118. The van der Waals surface area contributed by atoms with Gasteiger partial charge in [0.2, 0.25) is 0 Å². The van der Waals surface area contributed by atoms with E-state index in [1.807, 2.05) is 0 Å². The third-order valence-electron chi connectivity index (χ3n) is 4.45. The highest BCUT2D eigenvalue weighted by Crippen LogP contribution is 2.17. The van der Waals surface area contributed by atoms with E-state index in [0.29, 0.717) is 35.7 Å². The topological polar surface area (TPSA) is 76.7 Å². The molecule has 3 aromatic carbocycles. The fourth-order valence-electron chi connectivity index (χ4n) is 2.82. The Morgan fingerprint density at radius 3 is 2.39 bits per heavy atom. The molecule has 7 heteroatoms. The molecule has 2 N–H and O–H groups in total. The van der Waals surface area contributed by atoms with Crippen LogP contribution in [-0.2, 0) is 11.2 Å². The Labute approximate surface area is 180 Å². The minimum atomic E-state index is -0.309. The third kappa shape index (κ3) is 6.85. The van der Waals surface area contributed by atoms with Gasteiger partial charge in [0.05, 0.1) is 7.11 Å². The number of halogens is 1. The first-order valence-corrected chi connectivity index (χ1v) is 9.73. The van der Waals surface area contributed by atoms with Crippen LogP contribution in [0.25, 0.3) is 0 Å². The molecule has 0 atom stereocenters. The summed E-state index contributed by atoms with van der Waals surface area (Å²) in [6, 6.07) is 19.7. The van der Waals surface area contributed by atoms with Gasteiger partial charge in [0, 0.05) is 23.9 Å². The van der Waals surface area contributed by atoms with Crippen molar-refractivity contribution in [3.05, 3.63) is 89.7 Å². The normalized spacial score (nSPS) is 10.3. The molecule has 0 saturated carbocycles. The quantitative estimate of drug-likeness (QED) is 0.550. The number of nitrogens with one attached hydrogen (secondary N) is 2. The van der Waals surface area contributed by atoms with Crippen LogP contribution in [0.15, 0.2) is 72.8 Å². The Morgan fingerprint density at radius 2 is 1.68 bits per heavy atom. The van der Waals surface area contributed by atoms with Crippen LogP contribution in [0, 0.1) is 5.82 Å². The maximum absolute atomic E-state index is 12.9. The molecule has 6 nitrogen and oxygen atoms in total. The summed E-state index contributed by atoms with van der Waals surface area (Å²) in [6.45, 7) is 0.271. The van der Waals surface area contributed by atoms with Gasteiger partial charge in [-0.2, -0.15) is 0 Å². The van der Waals surface area contributed by atoms with E-state index in [1.165, 1.54) is 12.1 Å². The molecule has 0 unspecified atom stereocenters. The average Bonchev–Trinajstić information content (AvgIpc) is 2.79. The van der Waals surface area contributed by atoms with Gasteiger partial charge in [-0.25, -0.2) is 4.39 Å². The van der Waals surface area contributed by atoms with Crippen molar-refractivity contribution in [1.82, 2.24) is 5.32 Å². The van der Waals surface area contributed by atoms with Gasteiger partial charge in [-0.15, -0.1) is 0 Å². The van der Waals surface area contributed by atoms with E-state index in [2.05, 4.69) is 10.6 Å². The predicted molar refractivity (Wildman–Crippen MR) is 116 cm³/mol. The predicted octanol–water partition coefficient (Wildman–Crippen LogP) is 3.82. The Hall–Kier alpha value is -3.87. The Bertz CT molecular complexity index is 1020. The second-order valence-corrected chi connectivity index (χ2v) is 6.73. The molecule has 0 spiro atoms. The summed E-state index contributed by atoms with van der Waals surface area (Å²) >= 11 is 0. The van der Waals surface area contributed by atoms with Crippen LogP contribution in [0.1, 0.15) is 15.9 Å². The Balaban J connectivity index is 1.43. The summed E-state index contributed by atoms with van der Waals surface area (Å²) in [5.74, 6) is 0.307. The number of ether oxygens (including phenoxy) is 2. The zero-order valence-electron chi connectivity index (χ0n) is 17.1. The molecule has 0 aliphatic heterocycles. The molecular formula is C24H23FN2O4. The van der Waals surface area contributed by atoms with Gasteiger partial charge in [0.15, 0.2) is 6.61 Å². The van der Waals surface area contributed by atoms with Crippen LogP contribution in [0.3, 0.4) is 0 Å². The number of hydrogen-bond acceptors (Lipinski definition) is 4. The highest BCUT2D eigenvalue weighted by atomic mass is 19.1. The van der Waals surface area contributed by atoms with Crippen LogP contribution in [0.2, 0.25) is 0 Å². The number of carbonyl (C=O) groups is 2. The summed E-state index contributed by atoms with van der Waals surface area (Å²) in [6.07, 6.45) is 0.607. The van der Waals surface area contributed by atoms with Crippen LogP contribution in [-0.4, -0.2) is 32.1 Å². The van der Waals surface area contributed by atoms with Crippen LogP contribution >= 0.6 is 0 Å². The largest absolute Gasteiger partial charge is 0.497 e. The van der Waals surface area contributed by atoms with E-state index < -0.39 is 0 Å². The van der Waals surface area contributed by atoms with Gasteiger partial charge < -0.3 is 20.1 Å². The molecule has 3 rings (SSSR count). The van der Waals surface area contributed by atoms with Crippen molar-refractivity contribution < 1.29 is 23.5 Å². The average molecular weight is 422 g/mol. The number of methoxy groups -OCH3 is 1. The van der Waals surface area contributed by atoms with Crippen LogP contribution in [0.5, 0.6) is 11.5 Å². The molecule has 0 aliphatic carbocycles. The van der Waals surface area contributed by atoms with Gasteiger partial charge in [-0.1, -0.05) is 18.2 Å². The van der Waals surface area contributed by atoms with E-state index in [-0.39, 0.29) is 24.2 Å². The maximum atomic E-state index is 12.9. The van der Waals surface area contributed by atoms with Gasteiger partial charge in [0.1, 0.15) is 17.3 Å². The fraction of sp³-hybridized carbons (Fsp3) is 0.167. The lowest BCUT2D eigenvalue weighted by Gasteiger charge is -2.09. The van der Waals surface area contributed by atoms with Crippen molar-refractivity contribution in [3.8, 4) is 11.5 Å². The van der Waals surface area contributed by atoms with Crippen molar-refractivity contribution in [2.24, 2.45) is 0 Å². The number of anilines is 1. The van der Waals surface area contributed by atoms with E-state index in [1.54, 1.807) is 67.8 Å². The van der Waals surface area contributed by atoms with Gasteiger partial charge >= 0.3 is 0 Å². The number of hydrogen-bond donors (Lipinski definition) is 2. The highest BCUT2D eigenvalue weighted by molar-refractivity contribution is 5.94. The lowest BCUT2D eigenvalue weighted by Crippen LogP contribution is -2.25. The molecule has 31 heavy (non-hydrogen) atoms. The van der Waals surface area contributed by atoms with E-state index in [0.717, 1.165) is 5.56 Å². The standard InChI is InChI=1S/C24H23FN2O4/c1-30-22-4-2-3-20(15-22)27-23(28)16-31-21-11-7-18(8-12-21)24(29)26-14-13-17-5-9-19(25)10-6-17/h2-12,15H,13-14,16H2,1H3,(H,26,29)(H,27,28). The first-order chi connectivity index (χ1) is 15.0. The van der Waals surface area contributed by atoms with Gasteiger partial charge in [0.25, 0.3) is 11.8 Å². The zero-order valence-corrected chi connectivity index (χ0v) is 17.1. The second-order valence-electron chi connectivity index (χ2n) is 6.73. The molecule has 3 aromatic rings. The van der Waals surface area contributed by atoms with Crippen molar-refractivity contribution in [3.63, 3.8) is 0 Å². The first-order valence-electron chi connectivity index (χ1n) is 9.73. The first kappa shape index (κ1) is 21.8. The molecule has 0 fully saturated rings. The summed E-state index contributed by atoms with van der Waals surface area (Å²) in [5, 5.41) is 5.55. The lowest BCUT2D eigenvalue weighted by atomic mass is 10.1. The molecule has 0 saturated heterocycles. The van der Waals surface area contributed by atoms with E-state index >= 15 is 0 Å². The van der Waals surface area contributed by atoms with Crippen LogP contribution < -0.4 is 20.1 Å². The molecule has 0 aromatic heterocycles. The summed E-state index contributed by atoms with van der Waals surface area (Å²) in [7, 11) is 1.56. The smallest absolute Gasteiger partial charge is 0.262 e. The third-order valence-corrected chi connectivity index (χ3v) is 4.45. The monoisotopic (exact) mass is 422 g/mol. The molecule has 0 aliphatic rings.